The van der Waals surface area contributed by atoms with Gasteiger partial charge >= 0.3 is 6.18 Å². The average molecular weight is 229 g/mol. The minimum Gasteiger partial charge on any atom is -0.357 e. The Balaban J connectivity index is 4.99. The number of hydrogen-bond donors (Lipinski definition) is 3. The molecule has 0 spiro atoms. The quantitative estimate of drug-likeness (QED) is 0.613. The largest absolute Gasteiger partial charge is 0.445 e. The molecule has 0 heterocycles. The Morgan fingerprint density at radius 1 is 1.27 bits per heavy atom. The van der Waals surface area contributed by atoms with Gasteiger partial charge in [0.15, 0.2) is 0 Å². The number of halogens is 3. The first kappa shape index (κ1) is 14.2. The van der Waals surface area contributed by atoms with Crippen molar-refractivity contribution in [2.24, 2.45) is 5.92 Å². The number of rotatable bonds is 3. The van der Waals surface area contributed by atoms with Crippen molar-refractivity contribution in [3.8, 4) is 0 Å². The molecule has 3 N–H and O–H groups in total. The first-order valence-corrected chi connectivity index (χ1v) is 4.28. The van der Waals surface area contributed by atoms with Crippen molar-refractivity contribution in [3.05, 3.63) is 0 Å². The van der Waals surface area contributed by atoms with Gasteiger partial charge in [-0.3, -0.25) is 4.79 Å². The van der Waals surface area contributed by atoms with Gasteiger partial charge < -0.3 is 15.5 Å². The summed E-state index contributed by atoms with van der Waals surface area (Å²) in [5.41, 5.74) is 0. The molecule has 1 unspecified atom stereocenters. The average Bonchev–Trinajstić information content (AvgIpc) is 1.96. The summed E-state index contributed by atoms with van der Waals surface area (Å²) >= 11 is 0. The molecule has 0 aliphatic carbocycles. The lowest BCUT2D eigenvalue weighted by Crippen LogP contribution is -2.62. The summed E-state index contributed by atoms with van der Waals surface area (Å²) in [5.74, 6) is -5.46. The lowest BCUT2D eigenvalue weighted by molar-refractivity contribution is -0.362. The highest BCUT2D eigenvalue weighted by molar-refractivity contribution is 5.73. The highest BCUT2D eigenvalue weighted by Gasteiger charge is 2.59. The number of nitrogens with one attached hydrogen (secondary N) is 1. The third-order valence-electron chi connectivity index (χ3n) is 1.88. The maximum Gasteiger partial charge on any atom is 0.445 e. The van der Waals surface area contributed by atoms with Crippen molar-refractivity contribution in [2.45, 2.75) is 38.8 Å². The molecule has 0 saturated heterocycles. The summed E-state index contributed by atoms with van der Waals surface area (Å²) in [6.07, 6.45) is -5.22. The molecule has 0 aromatic rings. The van der Waals surface area contributed by atoms with Crippen molar-refractivity contribution >= 4 is 5.91 Å². The molecule has 0 radical (unpaired) electrons. The number of amides is 1. The molecule has 0 aromatic heterocycles. The van der Waals surface area contributed by atoms with Gasteiger partial charge in [0.2, 0.25) is 5.91 Å². The molecule has 90 valence electrons. The first-order chi connectivity index (χ1) is 6.50. The number of hydrogen-bond acceptors (Lipinski definition) is 3. The lowest BCUT2D eigenvalue weighted by Gasteiger charge is -2.35. The number of aliphatic hydroxyl groups is 2. The van der Waals surface area contributed by atoms with E-state index in [1.807, 2.05) is 5.32 Å². The summed E-state index contributed by atoms with van der Waals surface area (Å²) in [4.78, 5) is 10.6. The molecular weight excluding hydrogens is 215 g/mol. The summed E-state index contributed by atoms with van der Waals surface area (Å²) in [6.45, 7) is 3.68. The predicted octanol–water partition coefficient (Wildman–Crippen LogP) is 0.390. The molecule has 0 rings (SSSR count). The summed E-state index contributed by atoms with van der Waals surface area (Å²) in [6, 6.07) is -1.80. The van der Waals surface area contributed by atoms with Crippen LogP contribution in [0.4, 0.5) is 13.2 Å². The Bertz CT molecular complexity index is 238. The summed E-state index contributed by atoms with van der Waals surface area (Å²) in [5, 5.41) is 19.8. The predicted molar refractivity (Wildman–Crippen MR) is 45.7 cm³/mol. The van der Waals surface area contributed by atoms with E-state index in [4.69, 9.17) is 10.2 Å². The number of alkyl halides is 3. The fourth-order valence-corrected chi connectivity index (χ4v) is 1.13. The maximum absolute atomic E-state index is 12.2. The normalized spacial score (nSPS) is 15.3. The van der Waals surface area contributed by atoms with Gasteiger partial charge in [-0.05, 0) is 5.92 Å². The summed E-state index contributed by atoms with van der Waals surface area (Å²) in [7, 11) is 0. The maximum atomic E-state index is 12.2. The Labute approximate surface area is 85.1 Å². The van der Waals surface area contributed by atoms with Crippen LogP contribution >= 0.6 is 0 Å². The van der Waals surface area contributed by atoms with Gasteiger partial charge in [0.25, 0.3) is 5.79 Å². The highest BCUT2D eigenvalue weighted by atomic mass is 19.4. The van der Waals surface area contributed by atoms with Crippen LogP contribution in [0.3, 0.4) is 0 Å². The van der Waals surface area contributed by atoms with Gasteiger partial charge in [-0.2, -0.15) is 13.2 Å². The van der Waals surface area contributed by atoms with E-state index in [2.05, 4.69) is 0 Å². The highest BCUT2D eigenvalue weighted by Crippen LogP contribution is 2.33. The van der Waals surface area contributed by atoms with Crippen LogP contribution in [-0.2, 0) is 4.79 Å². The third-order valence-corrected chi connectivity index (χ3v) is 1.88. The van der Waals surface area contributed by atoms with E-state index in [0.717, 1.165) is 6.92 Å². The molecule has 0 fully saturated rings. The van der Waals surface area contributed by atoms with Gasteiger partial charge in [-0.25, -0.2) is 0 Å². The Morgan fingerprint density at radius 3 is 1.87 bits per heavy atom. The van der Waals surface area contributed by atoms with Crippen LogP contribution in [0.2, 0.25) is 0 Å². The zero-order valence-corrected chi connectivity index (χ0v) is 8.59. The fraction of sp³-hybridized carbons (Fsp3) is 0.875. The van der Waals surface area contributed by atoms with Gasteiger partial charge in [-0.1, -0.05) is 13.8 Å². The van der Waals surface area contributed by atoms with Gasteiger partial charge in [0.1, 0.15) is 0 Å². The second-order valence-electron chi connectivity index (χ2n) is 3.65. The molecule has 1 amide bonds. The van der Waals surface area contributed by atoms with Crippen molar-refractivity contribution in [3.63, 3.8) is 0 Å². The van der Waals surface area contributed by atoms with E-state index in [-0.39, 0.29) is 0 Å². The summed E-state index contributed by atoms with van der Waals surface area (Å²) < 4.78 is 36.7. The molecular formula is C8H14F3NO3. The van der Waals surface area contributed by atoms with Gasteiger partial charge in [-0.15, -0.1) is 0 Å². The number of carbonyl (C=O) groups is 1. The SMILES string of the molecule is CC(=O)NC(C(C)C)C(O)(O)C(F)(F)F. The van der Waals surface area contributed by atoms with Crippen LogP contribution < -0.4 is 5.32 Å². The number of carbonyl (C=O) groups excluding carboxylic acids is 1. The molecule has 4 nitrogen and oxygen atoms in total. The Kier molecular flexibility index (Phi) is 4.12. The topological polar surface area (TPSA) is 69.6 Å². The van der Waals surface area contributed by atoms with E-state index in [9.17, 15) is 18.0 Å². The molecule has 0 aromatic carbocycles. The van der Waals surface area contributed by atoms with Gasteiger partial charge in [0.05, 0.1) is 6.04 Å². The van der Waals surface area contributed by atoms with E-state index >= 15 is 0 Å². The minimum absolute atomic E-state index is 0.759. The zero-order valence-electron chi connectivity index (χ0n) is 8.59. The fourth-order valence-electron chi connectivity index (χ4n) is 1.13. The van der Waals surface area contributed by atoms with Crippen LogP contribution in [0.1, 0.15) is 20.8 Å². The van der Waals surface area contributed by atoms with Crippen LogP contribution in [0.15, 0.2) is 0 Å². The van der Waals surface area contributed by atoms with Crippen molar-refractivity contribution in [1.29, 1.82) is 0 Å². The van der Waals surface area contributed by atoms with Crippen molar-refractivity contribution in [2.75, 3.05) is 0 Å². The molecule has 1 atom stereocenters. The van der Waals surface area contributed by atoms with Crippen LogP contribution in [0.25, 0.3) is 0 Å². The molecule has 0 aliphatic heterocycles. The molecule has 0 saturated carbocycles. The van der Waals surface area contributed by atoms with Crippen LogP contribution in [0.5, 0.6) is 0 Å². The lowest BCUT2D eigenvalue weighted by atomic mass is 9.95. The Hall–Kier alpha value is -0.820. The van der Waals surface area contributed by atoms with Crippen LogP contribution in [0, 0.1) is 5.92 Å². The smallest absolute Gasteiger partial charge is 0.357 e. The van der Waals surface area contributed by atoms with Gasteiger partial charge in [0, 0.05) is 6.92 Å². The van der Waals surface area contributed by atoms with Crippen molar-refractivity contribution in [1.82, 2.24) is 5.32 Å². The Morgan fingerprint density at radius 2 is 1.67 bits per heavy atom. The monoisotopic (exact) mass is 229 g/mol. The second-order valence-corrected chi connectivity index (χ2v) is 3.65. The molecule has 0 bridgehead atoms. The molecule has 15 heavy (non-hydrogen) atoms. The standard InChI is InChI=1S/C8H14F3NO3/c1-4(2)6(12-5(3)13)7(14,15)8(9,10)11/h4,6,14-15H,1-3H3,(H,12,13). The first-order valence-electron chi connectivity index (χ1n) is 4.28. The third kappa shape index (κ3) is 3.35. The van der Waals surface area contributed by atoms with E-state index in [1.54, 1.807) is 0 Å². The molecule has 0 aliphatic rings. The van der Waals surface area contributed by atoms with Crippen LogP contribution in [-0.4, -0.2) is 34.1 Å². The second kappa shape index (κ2) is 4.36. The van der Waals surface area contributed by atoms with E-state index < -0.39 is 29.8 Å². The van der Waals surface area contributed by atoms with Crippen molar-refractivity contribution < 1.29 is 28.2 Å². The van der Waals surface area contributed by atoms with E-state index in [1.165, 1.54) is 13.8 Å². The van der Waals surface area contributed by atoms with E-state index in [0.29, 0.717) is 0 Å². The minimum atomic E-state index is -5.22. The zero-order chi connectivity index (χ0) is 12.4. The molecule has 7 heteroatoms.